The summed E-state index contributed by atoms with van der Waals surface area (Å²) in [5.74, 6) is -9.06. The average Bonchev–Trinajstić information content (AvgIpc) is 2.72. The van der Waals surface area contributed by atoms with E-state index < -0.39 is 81.3 Å². The fourth-order valence-corrected chi connectivity index (χ4v) is 1.05. The van der Waals surface area contributed by atoms with E-state index >= 15 is 0 Å². The summed E-state index contributed by atoms with van der Waals surface area (Å²) in [6, 6.07) is 0. The molecule has 2 saturated carbocycles. The molecule has 0 saturated heterocycles. The number of carbonyl (C=O) groups is 1. The fraction of sp³-hybridized carbons (Fsp3) is 0.800. The quantitative estimate of drug-likeness (QED) is 0.673. The molecule has 0 aromatic carbocycles. The van der Waals surface area contributed by atoms with Crippen molar-refractivity contribution in [2.24, 2.45) is 11.8 Å². The Bertz CT molecular complexity index is 966. The Morgan fingerprint density at radius 2 is 1.81 bits per heavy atom. The van der Waals surface area contributed by atoms with Gasteiger partial charge in [-0.15, -0.1) is 0 Å². The van der Waals surface area contributed by atoms with E-state index in [1.807, 2.05) is 0 Å². The number of rotatable bonds is 3. The lowest BCUT2D eigenvalue weighted by atomic mass is 9.84. The van der Waals surface area contributed by atoms with Crippen LogP contribution in [0.1, 0.15) is 91.2 Å². The van der Waals surface area contributed by atoms with E-state index in [9.17, 15) is 4.79 Å². The molecule has 2 aliphatic rings. The van der Waals surface area contributed by atoms with Crippen LogP contribution in [0.5, 0.6) is 0 Å². The third-order valence-electron chi connectivity index (χ3n) is 1.80. The first kappa shape index (κ1) is 2.41. The predicted molar refractivity (Wildman–Crippen MR) is 67.3 cm³/mol. The van der Waals surface area contributed by atoms with Gasteiger partial charge in [0.25, 0.3) is 0 Å². The topological polar surface area (TPSA) is 17.1 Å². The molecule has 0 radical (unpaired) electrons. The summed E-state index contributed by atoms with van der Waals surface area (Å²) in [7, 11) is 0. The smallest absolute Gasteiger partial charge is 0.158 e. The van der Waals surface area contributed by atoms with Gasteiger partial charge in [0.05, 0.1) is 0 Å². The van der Waals surface area contributed by atoms with Gasteiger partial charge in [0, 0.05) is 33.3 Å². The van der Waals surface area contributed by atoms with Crippen LogP contribution in [0.2, 0.25) is 0 Å². The first-order chi connectivity index (χ1) is 15.4. The molecule has 2 rings (SSSR count). The number of allylic oxidation sites excluding steroid dienone is 2. The van der Waals surface area contributed by atoms with E-state index in [2.05, 4.69) is 0 Å². The molecule has 0 heterocycles. The highest BCUT2D eigenvalue weighted by Gasteiger charge is 2.19. The summed E-state index contributed by atoms with van der Waals surface area (Å²) in [6.45, 7) is 0. The summed E-state index contributed by atoms with van der Waals surface area (Å²) < 4.78 is 159. The van der Waals surface area contributed by atoms with Gasteiger partial charge in [-0.3, -0.25) is 4.79 Å². The van der Waals surface area contributed by atoms with Gasteiger partial charge in [-0.1, -0.05) is 44.3 Å². The SMILES string of the molecule is [2H]C1C([2H])([2H])C([2H])([2H])C([2H])([2H])C([2H])([2H])C1([2H])C=CC(=O)C1([2H])C([2H])C([2H])([2H])C([2H])([2H])C([2H])([2H])C1([2H])[2H]. The molecule has 16 heavy (non-hydrogen) atoms. The van der Waals surface area contributed by atoms with E-state index in [0.717, 1.165) is 0 Å². The largest absolute Gasteiger partial charge is 0.295 e. The van der Waals surface area contributed by atoms with Crippen LogP contribution in [-0.2, 0) is 4.79 Å². The van der Waals surface area contributed by atoms with Crippen LogP contribution in [0.3, 0.4) is 0 Å². The van der Waals surface area contributed by atoms with Gasteiger partial charge in [0.15, 0.2) is 5.78 Å². The van der Waals surface area contributed by atoms with Crippen LogP contribution in [0.4, 0.5) is 0 Å². The predicted octanol–water partition coefficient (Wildman–Crippen LogP) is 4.27. The van der Waals surface area contributed by atoms with Gasteiger partial charge < -0.3 is 0 Å². The Labute approximate surface area is 127 Å². The Kier molecular flexibility index (Phi) is 0.938. The molecule has 0 aromatic rings. The Morgan fingerprint density at radius 1 is 1.06 bits per heavy atom. The van der Waals surface area contributed by atoms with Crippen LogP contribution in [0.25, 0.3) is 0 Å². The summed E-state index contributed by atoms with van der Waals surface area (Å²) >= 11 is 0. The first-order valence-electron chi connectivity index (χ1n) is 14.7. The van der Waals surface area contributed by atoms with Crippen molar-refractivity contribution in [2.45, 2.75) is 63.8 Å². The zero-order valence-electron chi connectivity index (χ0n) is 28.2. The average molecular weight is 240 g/mol. The van der Waals surface area contributed by atoms with Crippen molar-refractivity contribution in [1.82, 2.24) is 0 Å². The maximum Gasteiger partial charge on any atom is 0.158 e. The van der Waals surface area contributed by atoms with Crippen LogP contribution in [-0.4, -0.2) is 5.78 Å². The second-order valence-electron chi connectivity index (χ2n) is 2.89. The normalized spacial score (nSPS) is 93.8. The van der Waals surface area contributed by atoms with Crippen molar-refractivity contribution in [3.05, 3.63) is 12.2 Å². The lowest BCUT2D eigenvalue weighted by Gasteiger charge is -2.20. The lowest BCUT2D eigenvalue weighted by molar-refractivity contribution is -0.119. The molecule has 0 amide bonds. The molecule has 4 atom stereocenters. The van der Waals surface area contributed by atoms with Crippen molar-refractivity contribution in [3.63, 3.8) is 0 Å². The third-order valence-corrected chi connectivity index (χ3v) is 1.80. The molecule has 4 unspecified atom stereocenters. The van der Waals surface area contributed by atoms with Crippen molar-refractivity contribution in [1.29, 1.82) is 0 Å². The van der Waals surface area contributed by atoms with Crippen LogP contribution < -0.4 is 0 Å². The maximum absolute atomic E-state index is 13.1. The van der Waals surface area contributed by atoms with Gasteiger partial charge in [-0.25, -0.2) is 0 Å². The van der Waals surface area contributed by atoms with E-state index in [4.69, 9.17) is 27.4 Å². The van der Waals surface area contributed by atoms with E-state index in [1.54, 1.807) is 0 Å². The Hall–Kier alpha value is -0.590. The highest BCUT2D eigenvalue weighted by molar-refractivity contribution is 5.91. The zero-order chi connectivity index (χ0) is 29.1. The zero-order valence-corrected chi connectivity index (χ0v) is 8.22. The highest BCUT2D eigenvalue weighted by atomic mass is 16.1. The maximum atomic E-state index is 13.1. The molecule has 1 heteroatoms. The lowest BCUT2D eigenvalue weighted by Crippen LogP contribution is -2.16. The number of hydrogen-bond donors (Lipinski definition) is 0. The number of hydrogen-bond acceptors (Lipinski definition) is 1. The van der Waals surface area contributed by atoms with Gasteiger partial charge >= 0.3 is 0 Å². The minimum atomic E-state index is -3.88. The van der Waals surface area contributed by atoms with Crippen molar-refractivity contribution in [3.8, 4) is 0 Å². The molecule has 0 aliphatic heterocycles. The van der Waals surface area contributed by atoms with E-state index in [1.165, 1.54) is 0 Å². The second-order valence-corrected chi connectivity index (χ2v) is 2.89. The van der Waals surface area contributed by atoms with Gasteiger partial charge in [0.2, 0.25) is 0 Å². The summed E-state index contributed by atoms with van der Waals surface area (Å²) in [4.78, 5) is 13.1. The van der Waals surface area contributed by atoms with Gasteiger partial charge in [-0.2, -0.15) is 0 Å². The summed E-state index contributed by atoms with van der Waals surface area (Å²) in [5.41, 5.74) is 0. The minimum absolute atomic E-state index is 0.0266. The number of carbonyl (C=O) groups excluding carboxylic acids is 1. The molecule has 0 spiro atoms. The molecule has 2 aliphatic carbocycles. The second kappa shape index (κ2) is 6.22. The molecule has 1 nitrogen and oxygen atoms in total. The molecule has 0 bridgehead atoms. The van der Waals surface area contributed by atoms with E-state index in [-0.39, 0.29) is 12.2 Å². The van der Waals surface area contributed by atoms with E-state index in [0.29, 0.717) is 0 Å². The molecule has 90 valence electrons. The Morgan fingerprint density at radius 3 is 2.69 bits per heavy atom. The summed E-state index contributed by atoms with van der Waals surface area (Å²) in [5, 5.41) is 0. The van der Waals surface area contributed by atoms with Crippen molar-refractivity contribution < 1.29 is 32.2 Å². The van der Waals surface area contributed by atoms with Gasteiger partial charge in [-0.05, 0) is 37.5 Å². The third kappa shape index (κ3) is 3.47. The first-order valence-corrected chi connectivity index (χ1v) is 4.52. The molecule has 0 aromatic heterocycles. The van der Waals surface area contributed by atoms with Crippen LogP contribution in [0, 0.1) is 11.8 Å². The molecular formula is C15H24O. The van der Waals surface area contributed by atoms with Crippen LogP contribution in [0.15, 0.2) is 12.2 Å². The van der Waals surface area contributed by atoms with Crippen molar-refractivity contribution in [2.75, 3.05) is 0 Å². The monoisotopic (exact) mass is 240 g/mol. The van der Waals surface area contributed by atoms with Crippen molar-refractivity contribution >= 4 is 5.78 Å². The van der Waals surface area contributed by atoms with Gasteiger partial charge in [0.1, 0.15) is 0 Å². The molecule has 0 N–H and O–H groups in total. The standard InChI is InChI=1S/C15H24O/c16-15(14-9-5-2-6-10-14)12-11-13-7-3-1-4-8-13/h11-14H,1-10H2/i1D2,2D2,3D2,4D2,5D2,6D2,7D,8D2,9D,10D2,13D,14D. The fourth-order valence-electron chi connectivity index (χ4n) is 1.05. The Balaban J connectivity index is 2.73. The highest BCUT2D eigenvalue weighted by Crippen LogP contribution is 2.27. The van der Waals surface area contributed by atoms with Crippen LogP contribution >= 0.6 is 0 Å². The summed E-state index contributed by atoms with van der Waals surface area (Å²) in [6.07, 6.45) is -35.2. The molecule has 2 fully saturated rings. The minimum Gasteiger partial charge on any atom is -0.295 e. The number of ketones is 1. The molecular weight excluding hydrogens is 196 g/mol.